The number of ether oxygens (including phenoxy) is 1. The summed E-state index contributed by atoms with van der Waals surface area (Å²) in [5, 5.41) is 9.47. The van der Waals surface area contributed by atoms with Crippen molar-refractivity contribution in [1.82, 2.24) is 4.98 Å². The van der Waals surface area contributed by atoms with Crippen LogP contribution in [-0.4, -0.2) is 17.8 Å². The number of aromatic nitrogens is 1. The van der Waals surface area contributed by atoms with Gasteiger partial charge in [0.15, 0.2) is 0 Å². The highest BCUT2D eigenvalue weighted by Crippen LogP contribution is 2.38. The molecule has 1 aromatic heterocycles. The lowest BCUT2D eigenvalue weighted by Gasteiger charge is -2.14. The fourth-order valence-electron chi connectivity index (χ4n) is 2.77. The molecule has 0 N–H and O–H groups in total. The number of nitrogens with zero attached hydrogens (tertiary/aromatic N) is 2. The minimum Gasteiger partial charge on any atom is -0.497 e. The molecule has 0 unspecified atom stereocenters. The Balaban J connectivity index is 1.90. The van der Waals surface area contributed by atoms with Crippen molar-refractivity contribution in [3.8, 4) is 23.1 Å². The number of benzene rings is 2. The first-order valence-electron chi connectivity index (χ1n) is 8.76. The number of halogens is 3. The molecular weight excluding hydrogens is 397 g/mol. The molecule has 0 spiro atoms. The van der Waals surface area contributed by atoms with E-state index in [1.54, 1.807) is 43.5 Å². The summed E-state index contributed by atoms with van der Waals surface area (Å²) in [6, 6.07) is 18.7. The molecule has 0 amide bonds. The third kappa shape index (κ3) is 5.09. The fraction of sp³-hybridized carbons (Fsp3) is 0.182. The van der Waals surface area contributed by atoms with Crippen molar-refractivity contribution in [2.45, 2.75) is 17.6 Å². The van der Waals surface area contributed by atoms with E-state index in [1.165, 1.54) is 0 Å². The van der Waals surface area contributed by atoms with Gasteiger partial charge >= 0.3 is 6.18 Å². The van der Waals surface area contributed by atoms with Crippen LogP contribution in [0.1, 0.15) is 16.7 Å². The Morgan fingerprint density at radius 1 is 1.07 bits per heavy atom. The summed E-state index contributed by atoms with van der Waals surface area (Å²) in [7, 11) is 1.58. The molecular formula is C22H17F3N2OS. The predicted molar refractivity (Wildman–Crippen MR) is 107 cm³/mol. The molecule has 7 heteroatoms. The Labute approximate surface area is 171 Å². The largest absolute Gasteiger partial charge is 0.497 e. The number of hydrogen-bond acceptors (Lipinski definition) is 4. The molecule has 0 radical (unpaired) electrons. The van der Waals surface area contributed by atoms with Crippen LogP contribution >= 0.6 is 11.8 Å². The van der Waals surface area contributed by atoms with Gasteiger partial charge in [-0.1, -0.05) is 42.5 Å². The Kier molecular flexibility index (Phi) is 6.45. The van der Waals surface area contributed by atoms with E-state index >= 15 is 0 Å². The van der Waals surface area contributed by atoms with Crippen molar-refractivity contribution < 1.29 is 17.9 Å². The van der Waals surface area contributed by atoms with Gasteiger partial charge in [-0.25, -0.2) is 4.98 Å². The Bertz CT molecular complexity index is 1010. The first-order valence-corrected chi connectivity index (χ1v) is 9.74. The van der Waals surface area contributed by atoms with E-state index < -0.39 is 17.3 Å². The van der Waals surface area contributed by atoms with Gasteiger partial charge < -0.3 is 4.74 Å². The summed E-state index contributed by atoms with van der Waals surface area (Å²) in [5.74, 6) is 1.23. The lowest BCUT2D eigenvalue weighted by Crippen LogP contribution is -2.10. The SMILES string of the molecule is COc1ccc(CCSc2nc(-c3ccccc3)cc(C(F)(F)F)c2C#N)cc1. The van der Waals surface area contributed by atoms with Crippen LogP contribution in [0.25, 0.3) is 11.3 Å². The maximum atomic E-state index is 13.6. The van der Waals surface area contributed by atoms with E-state index in [9.17, 15) is 18.4 Å². The molecule has 0 bridgehead atoms. The number of hydrogen-bond donors (Lipinski definition) is 0. The second-order valence-electron chi connectivity index (χ2n) is 6.16. The molecule has 0 saturated heterocycles. The topological polar surface area (TPSA) is 45.9 Å². The number of nitriles is 1. The highest BCUT2D eigenvalue weighted by Gasteiger charge is 2.36. The minimum absolute atomic E-state index is 0.0923. The van der Waals surface area contributed by atoms with E-state index in [0.717, 1.165) is 29.1 Å². The molecule has 3 nitrogen and oxygen atoms in total. The Hall–Kier alpha value is -2.98. The van der Waals surface area contributed by atoms with Gasteiger partial charge in [-0.15, -0.1) is 11.8 Å². The molecule has 0 aliphatic carbocycles. The van der Waals surface area contributed by atoms with Crippen molar-refractivity contribution >= 4 is 11.8 Å². The summed E-state index contributed by atoms with van der Waals surface area (Å²) < 4.78 is 45.8. The highest BCUT2D eigenvalue weighted by molar-refractivity contribution is 7.99. The van der Waals surface area contributed by atoms with Crippen LogP contribution < -0.4 is 4.74 Å². The number of aryl methyl sites for hydroxylation is 1. The molecule has 0 aliphatic rings. The third-order valence-electron chi connectivity index (χ3n) is 4.26. The van der Waals surface area contributed by atoms with Gasteiger partial charge in [-0.3, -0.25) is 0 Å². The van der Waals surface area contributed by atoms with Crippen LogP contribution in [-0.2, 0) is 12.6 Å². The summed E-state index contributed by atoms with van der Waals surface area (Å²) in [5.41, 5.74) is 0.396. The normalized spacial score (nSPS) is 11.1. The summed E-state index contributed by atoms with van der Waals surface area (Å²) in [4.78, 5) is 4.37. The van der Waals surface area contributed by atoms with Crippen LogP contribution in [0.15, 0.2) is 65.7 Å². The molecule has 148 valence electrons. The maximum absolute atomic E-state index is 13.6. The van der Waals surface area contributed by atoms with Crippen molar-refractivity contribution in [2.75, 3.05) is 12.9 Å². The number of methoxy groups -OCH3 is 1. The molecule has 0 fully saturated rings. The zero-order chi connectivity index (χ0) is 20.9. The lowest BCUT2D eigenvalue weighted by atomic mass is 10.1. The molecule has 29 heavy (non-hydrogen) atoms. The van der Waals surface area contributed by atoms with Gasteiger partial charge in [-0.2, -0.15) is 18.4 Å². The summed E-state index contributed by atoms with van der Waals surface area (Å²) in [6.07, 6.45) is -4.01. The summed E-state index contributed by atoms with van der Waals surface area (Å²) >= 11 is 1.15. The average Bonchev–Trinajstić information content (AvgIpc) is 2.73. The standard InChI is InChI=1S/C22H17F3N2OS/c1-28-17-9-7-15(8-10-17)11-12-29-21-18(14-26)19(22(23,24)25)13-20(27-21)16-5-3-2-4-6-16/h2-10,13H,11-12H2,1H3. The van der Waals surface area contributed by atoms with E-state index in [-0.39, 0.29) is 10.7 Å². The molecule has 3 rings (SSSR count). The number of rotatable bonds is 6. The van der Waals surface area contributed by atoms with E-state index in [1.807, 2.05) is 24.3 Å². The monoisotopic (exact) mass is 414 g/mol. The van der Waals surface area contributed by atoms with Crippen molar-refractivity contribution in [3.63, 3.8) is 0 Å². The van der Waals surface area contributed by atoms with Crippen LogP contribution in [0.2, 0.25) is 0 Å². The number of alkyl halides is 3. The van der Waals surface area contributed by atoms with Crippen LogP contribution in [0.5, 0.6) is 5.75 Å². The highest BCUT2D eigenvalue weighted by atomic mass is 32.2. The zero-order valence-corrected chi connectivity index (χ0v) is 16.3. The molecule has 0 aliphatic heterocycles. The Morgan fingerprint density at radius 3 is 2.34 bits per heavy atom. The summed E-state index contributed by atoms with van der Waals surface area (Å²) in [6.45, 7) is 0. The Morgan fingerprint density at radius 2 is 1.76 bits per heavy atom. The zero-order valence-electron chi connectivity index (χ0n) is 15.5. The predicted octanol–water partition coefficient (Wildman–Crippen LogP) is 5.98. The molecule has 3 aromatic rings. The number of pyridine rings is 1. The van der Waals surface area contributed by atoms with Crippen LogP contribution in [0.4, 0.5) is 13.2 Å². The van der Waals surface area contributed by atoms with Crippen LogP contribution in [0.3, 0.4) is 0 Å². The van der Waals surface area contributed by atoms with Gasteiger partial charge in [0, 0.05) is 11.3 Å². The molecule has 0 saturated carbocycles. The minimum atomic E-state index is -4.64. The van der Waals surface area contributed by atoms with Crippen molar-refractivity contribution in [3.05, 3.63) is 77.4 Å². The molecule has 0 atom stereocenters. The quantitative estimate of drug-likeness (QED) is 0.465. The smallest absolute Gasteiger partial charge is 0.417 e. The van der Waals surface area contributed by atoms with Gasteiger partial charge in [-0.05, 0) is 30.2 Å². The second kappa shape index (κ2) is 9.01. The van der Waals surface area contributed by atoms with E-state index in [0.29, 0.717) is 17.7 Å². The van der Waals surface area contributed by atoms with Crippen molar-refractivity contribution in [1.29, 1.82) is 5.26 Å². The van der Waals surface area contributed by atoms with Gasteiger partial charge in [0.2, 0.25) is 0 Å². The van der Waals surface area contributed by atoms with E-state index in [2.05, 4.69) is 4.98 Å². The first kappa shape index (κ1) is 20.7. The fourth-order valence-corrected chi connectivity index (χ4v) is 3.77. The number of thioether (sulfide) groups is 1. The second-order valence-corrected chi connectivity index (χ2v) is 7.24. The van der Waals surface area contributed by atoms with Gasteiger partial charge in [0.1, 0.15) is 16.8 Å². The van der Waals surface area contributed by atoms with E-state index in [4.69, 9.17) is 4.74 Å². The molecule has 1 heterocycles. The van der Waals surface area contributed by atoms with Crippen molar-refractivity contribution in [2.24, 2.45) is 0 Å². The van der Waals surface area contributed by atoms with Gasteiger partial charge in [0.05, 0.1) is 23.9 Å². The first-order chi connectivity index (χ1) is 13.9. The molecule has 2 aromatic carbocycles. The van der Waals surface area contributed by atoms with Crippen LogP contribution in [0, 0.1) is 11.3 Å². The average molecular weight is 414 g/mol. The maximum Gasteiger partial charge on any atom is 0.417 e. The third-order valence-corrected chi connectivity index (χ3v) is 5.24. The van der Waals surface area contributed by atoms with Gasteiger partial charge in [0.25, 0.3) is 0 Å². The lowest BCUT2D eigenvalue weighted by molar-refractivity contribution is -0.138.